The third-order valence-electron chi connectivity index (χ3n) is 2.46. The molecule has 1 unspecified atom stereocenters. The zero-order valence-corrected chi connectivity index (χ0v) is 8.03. The van der Waals surface area contributed by atoms with Crippen LogP contribution in [-0.2, 0) is 0 Å². The van der Waals surface area contributed by atoms with Crippen LogP contribution in [0, 0.1) is 5.92 Å². The average molecular weight is 176 g/mol. The summed E-state index contributed by atoms with van der Waals surface area (Å²) in [5.41, 5.74) is 0. The fraction of sp³-hybridized carbons (Fsp3) is 1.00. The van der Waals surface area contributed by atoms with Crippen LogP contribution in [0.5, 0.6) is 0 Å². The molecule has 1 rings (SSSR count). The summed E-state index contributed by atoms with van der Waals surface area (Å²) in [7, 11) is 0. The van der Waals surface area contributed by atoms with Crippen molar-refractivity contribution in [2.24, 2.45) is 5.92 Å². The van der Waals surface area contributed by atoms with Crippen LogP contribution in [0.1, 0.15) is 32.6 Å². The van der Waals surface area contributed by atoms with Crippen LogP contribution in [-0.4, -0.2) is 18.5 Å². The Kier molecular flexibility index (Phi) is 4.24. The number of nitrogens with one attached hydrogen (secondary N) is 1. The lowest BCUT2D eigenvalue weighted by Crippen LogP contribution is -2.31. The Morgan fingerprint density at radius 3 is 2.64 bits per heavy atom. The summed E-state index contributed by atoms with van der Waals surface area (Å²) in [5.74, 6) is 0.776. The maximum absolute atomic E-state index is 6.23. The normalized spacial score (nSPS) is 23.5. The van der Waals surface area contributed by atoms with Crippen molar-refractivity contribution in [3.63, 3.8) is 0 Å². The van der Waals surface area contributed by atoms with Gasteiger partial charge in [0.25, 0.3) is 0 Å². The standard InChI is InChI=1S/C9H18ClN/c1-2-3-9(10)8-4-6-11-7-5-8/h8-9,11H,2-7H2,1H3. The molecule has 0 aliphatic carbocycles. The molecule has 0 aromatic carbocycles. The van der Waals surface area contributed by atoms with E-state index in [2.05, 4.69) is 12.2 Å². The largest absolute Gasteiger partial charge is 0.317 e. The van der Waals surface area contributed by atoms with Gasteiger partial charge in [-0.3, -0.25) is 0 Å². The molecule has 2 heteroatoms. The van der Waals surface area contributed by atoms with Gasteiger partial charge in [0.1, 0.15) is 0 Å². The molecular weight excluding hydrogens is 158 g/mol. The van der Waals surface area contributed by atoms with E-state index in [9.17, 15) is 0 Å². The Balaban J connectivity index is 2.21. The highest BCUT2D eigenvalue weighted by Crippen LogP contribution is 2.24. The molecule has 0 saturated carbocycles. The summed E-state index contributed by atoms with van der Waals surface area (Å²) < 4.78 is 0. The highest BCUT2D eigenvalue weighted by atomic mass is 35.5. The molecule has 1 nitrogen and oxygen atoms in total. The Morgan fingerprint density at radius 2 is 2.09 bits per heavy atom. The Labute approximate surface area is 74.5 Å². The molecule has 11 heavy (non-hydrogen) atoms. The summed E-state index contributed by atoms with van der Waals surface area (Å²) in [5, 5.41) is 3.79. The Hall–Kier alpha value is 0.250. The van der Waals surface area contributed by atoms with Crippen LogP contribution in [0.15, 0.2) is 0 Å². The minimum Gasteiger partial charge on any atom is -0.317 e. The summed E-state index contributed by atoms with van der Waals surface area (Å²) >= 11 is 6.23. The van der Waals surface area contributed by atoms with Gasteiger partial charge in [-0.25, -0.2) is 0 Å². The smallest absolute Gasteiger partial charge is 0.0365 e. The van der Waals surface area contributed by atoms with E-state index in [1.807, 2.05) is 0 Å². The van der Waals surface area contributed by atoms with Gasteiger partial charge in [-0.15, -0.1) is 11.6 Å². The number of rotatable bonds is 3. The zero-order chi connectivity index (χ0) is 8.10. The highest BCUT2D eigenvalue weighted by molar-refractivity contribution is 6.20. The molecule has 0 aromatic rings. The molecule has 0 amide bonds. The lowest BCUT2D eigenvalue weighted by Gasteiger charge is -2.26. The fourth-order valence-corrected chi connectivity index (χ4v) is 2.19. The number of halogens is 1. The Bertz CT molecular complexity index is 99.7. The maximum Gasteiger partial charge on any atom is 0.0365 e. The second kappa shape index (κ2) is 5.00. The third-order valence-corrected chi connectivity index (χ3v) is 3.03. The van der Waals surface area contributed by atoms with Gasteiger partial charge in [0.2, 0.25) is 0 Å². The number of piperidine rings is 1. The van der Waals surface area contributed by atoms with E-state index < -0.39 is 0 Å². The summed E-state index contributed by atoms with van der Waals surface area (Å²) in [4.78, 5) is 0. The van der Waals surface area contributed by atoms with E-state index in [0.717, 1.165) is 19.0 Å². The van der Waals surface area contributed by atoms with Crippen LogP contribution in [0.2, 0.25) is 0 Å². The minimum absolute atomic E-state index is 0.433. The van der Waals surface area contributed by atoms with Crippen molar-refractivity contribution < 1.29 is 0 Å². The van der Waals surface area contributed by atoms with E-state index in [-0.39, 0.29) is 0 Å². The van der Waals surface area contributed by atoms with Crippen LogP contribution < -0.4 is 5.32 Å². The Morgan fingerprint density at radius 1 is 1.45 bits per heavy atom. The van der Waals surface area contributed by atoms with Crippen molar-refractivity contribution >= 4 is 11.6 Å². The van der Waals surface area contributed by atoms with Crippen LogP contribution in [0.25, 0.3) is 0 Å². The van der Waals surface area contributed by atoms with Crippen molar-refractivity contribution in [3.05, 3.63) is 0 Å². The fourth-order valence-electron chi connectivity index (χ4n) is 1.72. The van der Waals surface area contributed by atoms with Crippen molar-refractivity contribution in [1.29, 1.82) is 0 Å². The first-order valence-electron chi connectivity index (χ1n) is 4.69. The van der Waals surface area contributed by atoms with Crippen molar-refractivity contribution in [2.45, 2.75) is 38.0 Å². The molecule has 66 valence electrons. The number of hydrogen-bond donors (Lipinski definition) is 1. The average Bonchev–Trinajstić information content (AvgIpc) is 2.07. The van der Waals surface area contributed by atoms with Crippen LogP contribution >= 0.6 is 11.6 Å². The summed E-state index contributed by atoms with van der Waals surface area (Å²) in [6, 6.07) is 0. The molecule has 1 saturated heterocycles. The molecular formula is C9H18ClN. The molecule has 1 aliphatic rings. The third kappa shape index (κ3) is 3.00. The molecule has 0 radical (unpaired) electrons. The maximum atomic E-state index is 6.23. The molecule has 1 atom stereocenters. The first kappa shape index (κ1) is 9.34. The van der Waals surface area contributed by atoms with E-state index >= 15 is 0 Å². The molecule has 1 N–H and O–H groups in total. The predicted molar refractivity (Wildman–Crippen MR) is 50.1 cm³/mol. The van der Waals surface area contributed by atoms with Crippen LogP contribution in [0.4, 0.5) is 0 Å². The van der Waals surface area contributed by atoms with Gasteiger partial charge < -0.3 is 5.32 Å². The highest BCUT2D eigenvalue weighted by Gasteiger charge is 2.20. The topological polar surface area (TPSA) is 12.0 Å². The van der Waals surface area contributed by atoms with Gasteiger partial charge in [0.05, 0.1) is 0 Å². The van der Waals surface area contributed by atoms with Crippen molar-refractivity contribution in [1.82, 2.24) is 5.32 Å². The first-order chi connectivity index (χ1) is 5.34. The lowest BCUT2D eigenvalue weighted by molar-refractivity contribution is 0.351. The molecule has 0 aromatic heterocycles. The van der Waals surface area contributed by atoms with Crippen molar-refractivity contribution in [2.75, 3.05) is 13.1 Å². The molecule has 1 aliphatic heterocycles. The van der Waals surface area contributed by atoms with E-state index in [4.69, 9.17) is 11.6 Å². The molecule has 0 spiro atoms. The first-order valence-corrected chi connectivity index (χ1v) is 5.13. The summed E-state index contributed by atoms with van der Waals surface area (Å²) in [6.45, 7) is 4.53. The van der Waals surface area contributed by atoms with Crippen LogP contribution in [0.3, 0.4) is 0 Å². The van der Waals surface area contributed by atoms with Gasteiger partial charge in [-0.1, -0.05) is 13.3 Å². The van der Waals surface area contributed by atoms with Gasteiger partial charge in [-0.05, 0) is 38.3 Å². The van der Waals surface area contributed by atoms with E-state index in [0.29, 0.717) is 5.38 Å². The van der Waals surface area contributed by atoms with E-state index in [1.54, 1.807) is 0 Å². The summed E-state index contributed by atoms with van der Waals surface area (Å²) in [6.07, 6.45) is 4.95. The van der Waals surface area contributed by atoms with Crippen molar-refractivity contribution in [3.8, 4) is 0 Å². The monoisotopic (exact) mass is 175 g/mol. The minimum atomic E-state index is 0.433. The predicted octanol–water partition coefficient (Wildman–Crippen LogP) is 2.39. The van der Waals surface area contributed by atoms with E-state index in [1.165, 1.54) is 25.7 Å². The SMILES string of the molecule is CCCC(Cl)C1CCNCC1. The lowest BCUT2D eigenvalue weighted by atomic mass is 9.92. The molecule has 1 heterocycles. The second-order valence-corrected chi connectivity index (χ2v) is 3.95. The number of alkyl halides is 1. The number of hydrogen-bond acceptors (Lipinski definition) is 1. The molecule has 0 bridgehead atoms. The van der Waals surface area contributed by atoms with Gasteiger partial charge in [0.15, 0.2) is 0 Å². The zero-order valence-electron chi connectivity index (χ0n) is 7.28. The van der Waals surface area contributed by atoms with Gasteiger partial charge in [0, 0.05) is 5.38 Å². The van der Waals surface area contributed by atoms with Gasteiger partial charge >= 0.3 is 0 Å². The molecule has 1 fully saturated rings. The quantitative estimate of drug-likeness (QED) is 0.650. The van der Waals surface area contributed by atoms with Gasteiger partial charge in [-0.2, -0.15) is 0 Å². The second-order valence-electron chi connectivity index (χ2n) is 3.39.